The number of carbonyl (C=O) groups is 2. The zero-order valence-electron chi connectivity index (χ0n) is 20.1. The molecule has 0 saturated heterocycles. The fourth-order valence-corrected chi connectivity index (χ4v) is 4.98. The molecule has 35 heavy (non-hydrogen) atoms. The van der Waals surface area contributed by atoms with Gasteiger partial charge in [0.1, 0.15) is 5.75 Å². The molecule has 4 aromatic rings. The SMILES string of the molecule is COc1ccccc1NC(=O)CSc1cn(CCNC(=O)c2cc(C)cc(C)c2)c2ccccc12. The third kappa shape index (κ3) is 6.05. The molecule has 0 aliphatic carbocycles. The van der Waals surface area contributed by atoms with Crippen LogP contribution >= 0.6 is 11.8 Å². The highest BCUT2D eigenvalue weighted by Gasteiger charge is 2.13. The maximum absolute atomic E-state index is 12.6. The van der Waals surface area contributed by atoms with E-state index >= 15 is 0 Å². The lowest BCUT2D eigenvalue weighted by molar-refractivity contribution is -0.113. The molecule has 3 aromatic carbocycles. The van der Waals surface area contributed by atoms with Crippen molar-refractivity contribution in [1.29, 1.82) is 0 Å². The molecule has 0 radical (unpaired) electrons. The van der Waals surface area contributed by atoms with Crippen molar-refractivity contribution in [2.24, 2.45) is 0 Å². The fraction of sp³-hybridized carbons (Fsp3) is 0.214. The largest absolute Gasteiger partial charge is 0.495 e. The monoisotopic (exact) mass is 487 g/mol. The van der Waals surface area contributed by atoms with Crippen molar-refractivity contribution < 1.29 is 14.3 Å². The highest BCUT2D eigenvalue weighted by Crippen LogP contribution is 2.30. The number of para-hydroxylation sites is 3. The normalized spacial score (nSPS) is 10.8. The number of nitrogens with one attached hydrogen (secondary N) is 2. The Morgan fingerprint density at radius 1 is 0.971 bits per heavy atom. The minimum absolute atomic E-state index is 0.0733. The second kappa shape index (κ2) is 11.1. The number of thioether (sulfide) groups is 1. The van der Waals surface area contributed by atoms with Crippen molar-refractivity contribution in [1.82, 2.24) is 9.88 Å². The van der Waals surface area contributed by atoms with Crippen LogP contribution in [0.25, 0.3) is 10.9 Å². The number of hydrogen-bond acceptors (Lipinski definition) is 4. The van der Waals surface area contributed by atoms with E-state index in [-0.39, 0.29) is 17.6 Å². The van der Waals surface area contributed by atoms with E-state index in [0.717, 1.165) is 26.9 Å². The Morgan fingerprint density at radius 3 is 2.46 bits per heavy atom. The minimum Gasteiger partial charge on any atom is -0.495 e. The van der Waals surface area contributed by atoms with E-state index in [0.29, 0.717) is 30.1 Å². The van der Waals surface area contributed by atoms with Crippen LogP contribution in [0.5, 0.6) is 5.75 Å². The van der Waals surface area contributed by atoms with E-state index < -0.39 is 0 Å². The number of aryl methyl sites for hydroxylation is 2. The van der Waals surface area contributed by atoms with E-state index in [1.54, 1.807) is 7.11 Å². The molecule has 180 valence electrons. The third-order valence-electron chi connectivity index (χ3n) is 5.61. The molecule has 6 nitrogen and oxygen atoms in total. The topological polar surface area (TPSA) is 72.4 Å². The fourth-order valence-electron chi connectivity index (χ4n) is 4.09. The molecule has 0 bridgehead atoms. The summed E-state index contributed by atoms with van der Waals surface area (Å²) in [5.41, 5.74) is 4.55. The molecule has 0 fully saturated rings. The number of ether oxygens (including phenoxy) is 1. The predicted octanol–water partition coefficient (Wildman–Crippen LogP) is 5.43. The number of fused-ring (bicyclic) bond motifs is 1. The van der Waals surface area contributed by atoms with E-state index in [4.69, 9.17) is 4.74 Å². The van der Waals surface area contributed by atoms with Gasteiger partial charge < -0.3 is 19.9 Å². The molecule has 0 spiro atoms. The number of rotatable bonds is 9. The Bertz CT molecular complexity index is 1340. The summed E-state index contributed by atoms with van der Waals surface area (Å²) in [7, 11) is 1.58. The Morgan fingerprint density at radius 2 is 1.69 bits per heavy atom. The van der Waals surface area contributed by atoms with Gasteiger partial charge in [-0.2, -0.15) is 0 Å². The number of amides is 2. The number of aromatic nitrogens is 1. The quantitative estimate of drug-likeness (QED) is 0.309. The number of benzene rings is 3. The lowest BCUT2D eigenvalue weighted by Gasteiger charge is -2.09. The molecule has 2 N–H and O–H groups in total. The average Bonchev–Trinajstić information content (AvgIpc) is 3.20. The van der Waals surface area contributed by atoms with Gasteiger partial charge in [-0.15, -0.1) is 11.8 Å². The van der Waals surface area contributed by atoms with E-state index in [1.165, 1.54) is 11.8 Å². The second-order valence-corrected chi connectivity index (χ2v) is 9.39. The highest BCUT2D eigenvalue weighted by atomic mass is 32.2. The summed E-state index contributed by atoms with van der Waals surface area (Å²) < 4.78 is 7.43. The van der Waals surface area contributed by atoms with Gasteiger partial charge in [0.2, 0.25) is 5.91 Å². The molecule has 0 aliphatic rings. The molecule has 1 heterocycles. The van der Waals surface area contributed by atoms with Crippen LogP contribution in [0, 0.1) is 13.8 Å². The number of nitrogens with zero attached hydrogens (tertiary/aromatic N) is 1. The number of hydrogen-bond donors (Lipinski definition) is 2. The number of anilines is 1. The Kier molecular flexibility index (Phi) is 7.77. The Labute approximate surface area is 209 Å². The summed E-state index contributed by atoms with van der Waals surface area (Å²) in [6, 6.07) is 21.3. The van der Waals surface area contributed by atoms with Gasteiger partial charge in [0.05, 0.1) is 18.6 Å². The molecule has 0 atom stereocenters. The number of methoxy groups -OCH3 is 1. The third-order valence-corrected chi connectivity index (χ3v) is 6.66. The smallest absolute Gasteiger partial charge is 0.251 e. The van der Waals surface area contributed by atoms with Gasteiger partial charge in [-0.1, -0.05) is 47.5 Å². The molecule has 0 unspecified atom stereocenters. The summed E-state index contributed by atoms with van der Waals surface area (Å²) >= 11 is 1.49. The second-order valence-electron chi connectivity index (χ2n) is 8.37. The Hall–Kier alpha value is -3.71. The molecule has 4 rings (SSSR count). The van der Waals surface area contributed by atoms with Crippen molar-refractivity contribution >= 4 is 40.2 Å². The molecule has 0 aliphatic heterocycles. The zero-order valence-corrected chi connectivity index (χ0v) is 20.9. The van der Waals surface area contributed by atoms with Crippen LogP contribution in [0.2, 0.25) is 0 Å². The van der Waals surface area contributed by atoms with Crippen LogP contribution in [0.1, 0.15) is 21.5 Å². The first-order chi connectivity index (χ1) is 16.9. The molecular weight excluding hydrogens is 458 g/mol. The van der Waals surface area contributed by atoms with Crippen LogP contribution in [0.15, 0.2) is 77.8 Å². The van der Waals surface area contributed by atoms with Gasteiger partial charge in [-0.3, -0.25) is 9.59 Å². The molecule has 1 aromatic heterocycles. The van der Waals surface area contributed by atoms with Crippen LogP contribution in [0.4, 0.5) is 5.69 Å². The van der Waals surface area contributed by atoms with Gasteiger partial charge >= 0.3 is 0 Å². The first kappa shape index (κ1) is 24.4. The van der Waals surface area contributed by atoms with Crippen LogP contribution in [0.3, 0.4) is 0 Å². The maximum atomic E-state index is 12.6. The summed E-state index contributed by atoms with van der Waals surface area (Å²) in [5.74, 6) is 0.730. The van der Waals surface area contributed by atoms with E-state index in [9.17, 15) is 9.59 Å². The highest BCUT2D eigenvalue weighted by molar-refractivity contribution is 8.00. The van der Waals surface area contributed by atoms with E-state index in [2.05, 4.69) is 39.6 Å². The van der Waals surface area contributed by atoms with E-state index in [1.807, 2.05) is 62.4 Å². The van der Waals surface area contributed by atoms with Crippen LogP contribution in [-0.4, -0.2) is 35.8 Å². The van der Waals surface area contributed by atoms with Gasteiger partial charge in [0.15, 0.2) is 0 Å². The van der Waals surface area contributed by atoms with Crippen molar-refractivity contribution in [2.75, 3.05) is 24.7 Å². The van der Waals surface area contributed by atoms with Crippen LogP contribution in [-0.2, 0) is 11.3 Å². The van der Waals surface area contributed by atoms with Gasteiger partial charge in [0.25, 0.3) is 5.91 Å². The first-order valence-electron chi connectivity index (χ1n) is 11.4. The average molecular weight is 488 g/mol. The molecule has 0 saturated carbocycles. The maximum Gasteiger partial charge on any atom is 0.251 e. The van der Waals surface area contributed by atoms with Gasteiger partial charge in [-0.05, 0) is 44.2 Å². The summed E-state index contributed by atoms with van der Waals surface area (Å²) in [5, 5.41) is 7.03. The predicted molar refractivity (Wildman–Crippen MR) is 143 cm³/mol. The zero-order chi connectivity index (χ0) is 24.8. The molecule has 7 heteroatoms. The summed E-state index contributed by atoms with van der Waals surface area (Å²) in [4.78, 5) is 26.2. The van der Waals surface area contributed by atoms with Gasteiger partial charge in [0, 0.05) is 40.6 Å². The lowest BCUT2D eigenvalue weighted by atomic mass is 10.1. The Balaban J connectivity index is 1.40. The number of carbonyl (C=O) groups excluding carboxylic acids is 2. The van der Waals surface area contributed by atoms with Crippen LogP contribution < -0.4 is 15.4 Å². The summed E-state index contributed by atoms with van der Waals surface area (Å²) in [6.45, 7) is 5.12. The molecular formula is C28H29N3O3S. The van der Waals surface area contributed by atoms with Crippen molar-refractivity contribution in [3.05, 3.63) is 89.6 Å². The van der Waals surface area contributed by atoms with Crippen molar-refractivity contribution in [3.63, 3.8) is 0 Å². The minimum atomic E-state index is -0.1000. The first-order valence-corrected chi connectivity index (χ1v) is 12.4. The van der Waals surface area contributed by atoms with Gasteiger partial charge in [-0.25, -0.2) is 0 Å². The lowest BCUT2D eigenvalue weighted by Crippen LogP contribution is -2.27. The van der Waals surface area contributed by atoms with Crippen molar-refractivity contribution in [3.8, 4) is 5.75 Å². The summed E-state index contributed by atoms with van der Waals surface area (Å²) in [6.07, 6.45) is 2.05. The molecule has 2 amide bonds. The van der Waals surface area contributed by atoms with Crippen molar-refractivity contribution in [2.45, 2.75) is 25.3 Å². The standard InChI is InChI=1S/C28H29N3O3S/c1-19-14-20(2)16-21(15-19)28(33)29-12-13-31-17-26(22-8-4-6-10-24(22)31)35-18-27(32)30-23-9-5-7-11-25(23)34-3/h4-11,14-17H,12-13,18H2,1-3H3,(H,29,33)(H,30,32).